The first-order valence-corrected chi connectivity index (χ1v) is 8.15. The Morgan fingerprint density at radius 3 is 2.56 bits per heavy atom. The van der Waals surface area contributed by atoms with Gasteiger partial charge in [0.1, 0.15) is 11.5 Å². The second-order valence-corrected chi connectivity index (χ2v) is 5.81. The molecule has 0 aromatic heterocycles. The number of carbonyl (C=O) groups excluding carboxylic acids is 2. The van der Waals surface area contributed by atoms with Crippen LogP contribution in [0.25, 0.3) is 6.08 Å². The molecule has 2 N–H and O–H groups in total. The summed E-state index contributed by atoms with van der Waals surface area (Å²) in [6.45, 7) is -0.207. The van der Waals surface area contributed by atoms with Gasteiger partial charge in [-0.1, -0.05) is 28.1 Å². The quantitative estimate of drug-likeness (QED) is 0.573. The molecule has 2 amide bonds. The summed E-state index contributed by atoms with van der Waals surface area (Å²) in [5.41, 5.74) is 5.36. The van der Waals surface area contributed by atoms with Crippen molar-refractivity contribution in [3.05, 3.63) is 64.6 Å². The fourth-order valence-electron chi connectivity index (χ4n) is 1.81. The van der Waals surface area contributed by atoms with E-state index in [-0.39, 0.29) is 6.61 Å². The molecule has 0 fully saturated rings. The van der Waals surface area contributed by atoms with E-state index in [1.54, 1.807) is 43.5 Å². The van der Waals surface area contributed by atoms with Crippen LogP contribution in [0.5, 0.6) is 11.5 Å². The van der Waals surface area contributed by atoms with E-state index in [9.17, 15) is 9.59 Å². The van der Waals surface area contributed by atoms with Crippen LogP contribution in [-0.2, 0) is 9.59 Å². The predicted octanol–water partition coefficient (Wildman–Crippen LogP) is 2.70. The topological polar surface area (TPSA) is 76.7 Å². The van der Waals surface area contributed by atoms with E-state index in [0.29, 0.717) is 11.5 Å². The zero-order chi connectivity index (χ0) is 18.1. The van der Waals surface area contributed by atoms with Crippen molar-refractivity contribution < 1.29 is 19.1 Å². The minimum atomic E-state index is -0.467. The first kappa shape index (κ1) is 18.5. The number of hydrogen-bond acceptors (Lipinski definition) is 4. The molecule has 0 aliphatic rings. The number of rotatable bonds is 6. The van der Waals surface area contributed by atoms with Crippen LogP contribution in [0.1, 0.15) is 5.56 Å². The van der Waals surface area contributed by atoms with E-state index < -0.39 is 11.8 Å². The van der Waals surface area contributed by atoms with E-state index in [0.717, 1.165) is 10.0 Å². The maximum atomic E-state index is 11.7. The molecule has 7 heteroatoms. The minimum Gasteiger partial charge on any atom is -0.497 e. The first-order valence-electron chi connectivity index (χ1n) is 7.36. The second kappa shape index (κ2) is 9.48. The Labute approximate surface area is 153 Å². The average molecular weight is 405 g/mol. The lowest BCUT2D eigenvalue weighted by Gasteiger charge is -2.07. The SMILES string of the molecule is COc1cccc(/C=C/C(=O)NNC(=O)COc2ccc(Br)cc2)c1. The number of benzene rings is 2. The van der Waals surface area contributed by atoms with E-state index >= 15 is 0 Å². The third-order valence-corrected chi connectivity index (χ3v) is 3.56. The summed E-state index contributed by atoms with van der Waals surface area (Å²) in [7, 11) is 1.57. The highest BCUT2D eigenvalue weighted by Gasteiger charge is 2.04. The average Bonchev–Trinajstić information content (AvgIpc) is 2.64. The monoisotopic (exact) mass is 404 g/mol. The normalized spacial score (nSPS) is 10.3. The van der Waals surface area contributed by atoms with Crippen molar-refractivity contribution in [3.63, 3.8) is 0 Å². The van der Waals surface area contributed by atoms with Gasteiger partial charge in [0.25, 0.3) is 11.8 Å². The van der Waals surface area contributed by atoms with Gasteiger partial charge in [0.05, 0.1) is 7.11 Å². The molecule has 0 unspecified atom stereocenters. The van der Waals surface area contributed by atoms with Crippen LogP contribution in [-0.4, -0.2) is 25.5 Å². The van der Waals surface area contributed by atoms with Crippen LogP contribution < -0.4 is 20.3 Å². The summed E-state index contributed by atoms with van der Waals surface area (Å²) in [6.07, 6.45) is 2.92. The maximum absolute atomic E-state index is 11.7. The molecular weight excluding hydrogens is 388 g/mol. The lowest BCUT2D eigenvalue weighted by atomic mass is 10.2. The highest BCUT2D eigenvalue weighted by molar-refractivity contribution is 9.10. The van der Waals surface area contributed by atoms with Crippen molar-refractivity contribution >= 4 is 33.8 Å². The third kappa shape index (κ3) is 6.68. The van der Waals surface area contributed by atoms with Crippen molar-refractivity contribution in [2.24, 2.45) is 0 Å². The summed E-state index contributed by atoms with van der Waals surface area (Å²) in [6, 6.07) is 14.3. The predicted molar refractivity (Wildman–Crippen MR) is 98.0 cm³/mol. The number of carbonyl (C=O) groups is 2. The van der Waals surface area contributed by atoms with Crippen LogP contribution in [0.3, 0.4) is 0 Å². The standard InChI is InChI=1S/C18H17BrN2O4/c1-24-16-4-2-3-13(11-16)5-10-17(22)20-21-18(23)12-25-15-8-6-14(19)7-9-15/h2-11H,12H2,1H3,(H,20,22)(H,21,23)/b10-5+. The number of methoxy groups -OCH3 is 1. The summed E-state index contributed by atoms with van der Waals surface area (Å²) in [4.78, 5) is 23.3. The van der Waals surface area contributed by atoms with Gasteiger partial charge in [-0.15, -0.1) is 0 Å². The number of amides is 2. The van der Waals surface area contributed by atoms with Gasteiger partial charge in [-0.3, -0.25) is 20.4 Å². The molecule has 2 rings (SSSR count). The molecule has 0 bridgehead atoms. The van der Waals surface area contributed by atoms with E-state index in [4.69, 9.17) is 9.47 Å². The molecule has 130 valence electrons. The van der Waals surface area contributed by atoms with Crippen molar-refractivity contribution in [2.45, 2.75) is 0 Å². The number of halogens is 1. The molecule has 25 heavy (non-hydrogen) atoms. The Morgan fingerprint density at radius 1 is 1.08 bits per heavy atom. The summed E-state index contributed by atoms with van der Waals surface area (Å²) >= 11 is 3.31. The largest absolute Gasteiger partial charge is 0.497 e. The minimum absolute atomic E-state index is 0.207. The van der Waals surface area contributed by atoms with Gasteiger partial charge < -0.3 is 9.47 Å². The van der Waals surface area contributed by atoms with Crippen molar-refractivity contribution in [3.8, 4) is 11.5 Å². The van der Waals surface area contributed by atoms with Crippen molar-refractivity contribution in [2.75, 3.05) is 13.7 Å². The zero-order valence-corrected chi connectivity index (χ0v) is 15.1. The first-order chi connectivity index (χ1) is 12.1. The lowest BCUT2D eigenvalue weighted by molar-refractivity contribution is -0.128. The van der Waals surface area contributed by atoms with Crippen molar-refractivity contribution in [1.29, 1.82) is 0 Å². The van der Waals surface area contributed by atoms with Crippen molar-refractivity contribution in [1.82, 2.24) is 10.9 Å². The molecule has 2 aromatic rings. The van der Waals surface area contributed by atoms with Gasteiger partial charge in [0.15, 0.2) is 6.61 Å². The van der Waals surface area contributed by atoms with Gasteiger partial charge >= 0.3 is 0 Å². The highest BCUT2D eigenvalue weighted by atomic mass is 79.9. The second-order valence-electron chi connectivity index (χ2n) is 4.89. The van der Waals surface area contributed by atoms with Crippen LogP contribution in [0.2, 0.25) is 0 Å². The maximum Gasteiger partial charge on any atom is 0.276 e. The number of ether oxygens (including phenoxy) is 2. The molecule has 0 aliphatic carbocycles. The van der Waals surface area contributed by atoms with Gasteiger partial charge in [-0.2, -0.15) is 0 Å². The molecule has 0 saturated carbocycles. The van der Waals surface area contributed by atoms with Gasteiger partial charge in [-0.05, 0) is 48.0 Å². The zero-order valence-electron chi connectivity index (χ0n) is 13.5. The van der Waals surface area contributed by atoms with Gasteiger partial charge in [-0.25, -0.2) is 0 Å². The van der Waals surface area contributed by atoms with Gasteiger partial charge in [0.2, 0.25) is 0 Å². The molecule has 0 spiro atoms. The summed E-state index contributed by atoms with van der Waals surface area (Å²) < 4.78 is 11.3. The van der Waals surface area contributed by atoms with E-state index in [1.807, 2.05) is 18.2 Å². The Balaban J connectivity index is 1.74. The molecule has 0 atom stereocenters. The number of hydrazine groups is 1. The van der Waals surface area contributed by atoms with Crippen LogP contribution in [0, 0.1) is 0 Å². The summed E-state index contributed by atoms with van der Waals surface area (Å²) in [5, 5.41) is 0. The fraction of sp³-hybridized carbons (Fsp3) is 0.111. The van der Waals surface area contributed by atoms with Crippen LogP contribution in [0.4, 0.5) is 0 Å². The van der Waals surface area contributed by atoms with E-state index in [2.05, 4.69) is 26.8 Å². The smallest absolute Gasteiger partial charge is 0.276 e. The molecular formula is C18H17BrN2O4. The molecule has 0 radical (unpaired) electrons. The number of hydrogen-bond donors (Lipinski definition) is 2. The molecule has 0 heterocycles. The van der Waals surface area contributed by atoms with Gasteiger partial charge in [0, 0.05) is 10.5 Å². The Bertz CT molecular complexity index is 760. The Morgan fingerprint density at radius 2 is 1.84 bits per heavy atom. The van der Waals surface area contributed by atoms with E-state index in [1.165, 1.54) is 6.08 Å². The highest BCUT2D eigenvalue weighted by Crippen LogP contribution is 2.16. The Kier molecular flexibility index (Phi) is 7.03. The fourth-order valence-corrected chi connectivity index (χ4v) is 2.07. The third-order valence-electron chi connectivity index (χ3n) is 3.03. The molecule has 0 saturated heterocycles. The molecule has 6 nitrogen and oxygen atoms in total. The molecule has 2 aromatic carbocycles. The number of nitrogens with one attached hydrogen (secondary N) is 2. The van der Waals surface area contributed by atoms with Crippen LogP contribution >= 0.6 is 15.9 Å². The molecule has 0 aliphatic heterocycles. The Hall–Kier alpha value is -2.80. The summed E-state index contributed by atoms with van der Waals surface area (Å²) in [5.74, 6) is 0.328. The lowest BCUT2D eigenvalue weighted by Crippen LogP contribution is -2.43. The van der Waals surface area contributed by atoms with Crippen LogP contribution in [0.15, 0.2) is 59.1 Å².